The molecule has 1 amide bonds. The first-order chi connectivity index (χ1) is 11.5. The second-order valence-electron chi connectivity index (χ2n) is 5.67. The van der Waals surface area contributed by atoms with Crippen molar-refractivity contribution in [3.63, 3.8) is 0 Å². The maximum atomic E-state index is 12.4. The molecule has 0 saturated carbocycles. The molecule has 3 unspecified atom stereocenters. The van der Waals surface area contributed by atoms with Gasteiger partial charge in [0, 0.05) is 15.5 Å². The van der Waals surface area contributed by atoms with E-state index in [9.17, 15) is 4.79 Å². The van der Waals surface area contributed by atoms with Gasteiger partial charge in [-0.25, -0.2) is 10.9 Å². The average Bonchev–Trinajstić information content (AvgIpc) is 2.91. The number of hydrogen-bond donors (Lipinski definition) is 4. The van der Waals surface area contributed by atoms with Gasteiger partial charge in [0.2, 0.25) is 0 Å². The molecule has 0 aromatic heterocycles. The van der Waals surface area contributed by atoms with E-state index >= 15 is 0 Å². The summed E-state index contributed by atoms with van der Waals surface area (Å²) in [4.78, 5) is 13.5. The number of hydrazine groups is 1. The Labute approximate surface area is 150 Å². The monoisotopic (exact) mass is 362 g/mol. The van der Waals surface area contributed by atoms with Crippen LogP contribution in [0.1, 0.15) is 15.9 Å². The normalized spacial score (nSPS) is 23.2. The lowest BCUT2D eigenvalue weighted by atomic mass is 10.2. The molecule has 24 heavy (non-hydrogen) atoms. The van der Waals surface area contributed by atoms with Crippen molar-refractivity contribution in [2.45, 2.75) is 29.4 Å². The van der Waals surface area contributed by atoms with E-state index in [0.717, 1.165) is 4.90 Å². The first kappa shape index (κ1) is 17.3. The highest BCUT2D eigenvalue weighted by molar-refractivity contribution is 8.00. The fourth-order valence-corrected chi connectivity index (χ4v) is 3.64. The van der Waals surface area contributed by atoms with Crippen LogP contribution in [-0.4, -0.2) is 23.5 Å². The minimum absolute atomic E-state index is 0.0704. The second kappa shape index (κ2) is 7.55. The van der Waals surface area contributed by atoms with Gasteiger partial charge in [0.05, 0.1) is 17.6 Å². The van der Waals surface area contributed by atoms with Gasteiger partial charge >= 0.3 is 0 Å². The Hall–Kier alpha value is -1.57. The van der Waals surface area contributed by atoms with Crippen LogP contribution in [0.3, 0.4) is 0 Å². The van der Waals surface area contributed by atoms with Gasteiger partial charge in [-0.1, -0.05) is 29.3 Å². The number of amides is 1. The van der Waals surface area contributed by atoms with E-state index in [1.54, 1.807) is 36.0 Å². The van der Waals surface area contributed by atoms with Gasteiger partial charge in [-0.05, 0) is 43.3 Å². The predicted octanol–water partition coefficient (Wildman–Crippen LogP) is 2.26. The van der Waals surface area contributed by atoms with Crippen molar-refractivity contribution in [3.8, 4) is 0 Å². The number of nitrogens with two attached hydrogens (primary N) is 1. The Bertz CT molecular complexity index is 708. The summed E-state index contributed by atoms with van der Waals surface area (Å²) in [6.45, 7) is 2.05. The molecular formula is C17H19ClN4OS. The lowest BCUT2D eigenvalue weighted by molar-refractivity contribution is 0.0934. The molecule has 7 heteroatoms. The molecule has 5 nitrogen and oxygen atoms in total. The molecule has 2 aromatic rings. The van der Waals surface area contributed by atoms with Crippen LogP contribution in [0, 0.1) is 6.92 Å². The van der Waals surface area contributed by atoms with Crippen LogP contribution in [0.2, 0.25) is 5.02 Å². The van der Waals surface area contributed by atoms with Crippen molar-refractivity contribution < 1.29 is 4.79 Å². The molecule has 1 fully saturated rings. The van der Waals surface area contributed by atoms with Crippen molar-refractivity contribution in [3.05, 3.63) is 64.7 Å². The van der Waals surface area contributed by atoms with E-state index in [2.05, 4.69) is 47.4 Å². The van der Waals surface area contributed by atoms with Crippen LogP contribution >= 0.6 is 23.4 Å². The third-order valence-electron chi connectivity index (χ3n) is 3.79. The van der Waals surface area contributed by atoms with Crippen molar-refractivity contribution in [2.24, 2.45) is 5.73 Å². The van der Waals surface area contributed by atoms with Crippen LogP contribution in [0.25, 0.3) is 0 Å². The summed E-state index contributed by atoms with van der Waals surface area (Å²) in [5, 5.41) is 3.52. The first-order valence-corrected chi connectivity index (χ1v) is 8.85. The maximum Gasteiger partial charge on any atom is 0.251 e. The van der Waals surface area contributed by atoms with Gasteiger partial charge < -0.3 is 11.1 Å². The molecule has 126 valence electrons. The van der Waals surface area contributed by atoms with E-state index < -0.39 is 0 Å². The molecule has 0 aliphatic carbocycles. The number of aryl methyl sites for hydroxylation is 1. The Morgan fingerprint density at radius 2 is 1.79 bits per heavy atom. The lowest BCUT2D eigenvalue weighted by Crippen LogP contribution is -2.51. The largest absolute Gasteiger partial charge is 0.344 e. The number of rotatable bonds is 4. The second-order valence-corrected chi connectivity index (χ2v) is 7.32. The van der Waals surface area contributed by atoms with E-state index in [-0.39, 0.29) is 23.5 Å². The number of hydrogen-bond acceptors (Lipinski definition) is 5. The molecule has 3 rings (SSSR count). The maximum absolute atomic E-state index is 12.4. The molecular weight excluding hydrogens is 344 g/mol. The molecule has 2 aromatic carbocycles. The fraction of sp³-hybridized carbons (Fsp3) is 0.235. The van der Waals surface area contributed by atoms with Crippen LogP contribution in [0.5, 0.6) is 0 Å². The molecule has 1 saturated heterocycles. The highest BCUT2D eigenvalue weighted by Gasteiger charge is 2.35. The first-order valence-electron chi connectivity index (χ1n) is 7.59. The summed E-state index contributed by atoms with van der Waals surface area (Å²) in [5.74, 6) is -0.174. The van der Waals surface area contributed by atoms with Gasteiger partial charge in [-0.15, -0.1) is 11.8 Å². The van der Waals surface area contributed by atoms with Gasteiger partial charge in [-0.3, -0.25) is 4.79 Å². The average molecular weight is 363 g/mol. The minimum atomic E-state index is -0.371. The minimum Gasteiger partial charge on any atom is -0.344 e. The van der Waals surface area contributed by atoms with Crippen molar-refractivity contribution in [1.29, 1.82) is 0 Å². The molecule has 0 bridgehead atoms. The van der Waals surface area contributed by atoms with Gasteiger partial charge in [0.25, 0.3) is 5.91 Å². The Morgan fingerprint density at radius 3 is 2.46 bits per heavy atom. The van der Waals surface area contributed by atoms with Crippen molar-refractivity contribution >= 4 is 29.3 Å². The standard InChI is InChI=1S/C17H19ClN4OS/c1-10-2-8-13(9-3-10)24-17-14(15(19)21-22-17)20-16(23)11-4-6-12(18)7-5-11/h2-9,14-15,17,21-22H,19H2,1H3,(H,20,23). The third kappa shape index (κ3) is 4.09. The molecule has 0 spiro atoms. The van der Waals surface area contributed by atoms with Gasteiger partial charge in [0.15, 0.2) is 0 Å². The zero-order valence-corrected chi connectivity index (χ0v) is 14.7. The number of nitrogens with one attached hydrogen (secondary N) is 3. The van der Waals surface area contributed by atoms with Crippen LogP contribution < -0.4 is 21.9 Å². The summed E-state index contributed by atoms with van der Waals surface area (Å²) < 4.78 is 0. The topological polar surface area (TPSA) is 79.2 Å². The molecule has 0 radical (unpaired) electrons. The number of thioether (sulfide) groups is 1. The summed E-state index contributed by atoms with van der Waals surface area (Å²) in [5.41, 5.74) is 14.0. The summed E-state index contributed by atoms with van der Waals surface area (Å²) in [6.07, 6.45) is -0.371. The zero-order chi connectivity index (χ0) is 17.1. The molecule has 1 aliphatic rings. The molecule has 3 atom stereocenters. The Kier molecular flexibility index (Phi) is 5.43. The van der Waals surface area contributed by atoms with Crippen LogP contribution in [0.15, 0.2) is 53.4 Å². The fourth-order valence-electron chi connectivity index (χ4n) is 2.41. The number of benzene rings is 2. The van der Waals surface area contributed by atoms with E-state index in [4.69, 9.17) is 17.3 Å². The van der Waals surface area contributed by atoms with E-state index in [0.29, 0.717) is 10.6 Å². The number of carbonyl (C=O) groups excluding carboxylic acids is 1. The summed E-state index contributed by atoms with van der Waals surface area (Å²) in [7, 11) is 0. The summed E-state index contributed by atoms with van der Waals surface area (Å²) >= 11 is 7.48. The Morgan fingerprint density at radius 1 is 1.12 bits per heavy atom. The summed E-state index contributed by atoms with van der Waals surface area (Å²) in [6, 6.07) is 14.8. The van der Waals surface area contributed by atoms with Gasteiger partial charge in [0.1, 0.15) is 0 Å². The van der Waals surface area contributed by atoms with Gasteiger partial charge in [-0.2, -0.15) is 0 Å². The SMILES string of the molecule is Cc1ccc(SC2NNC(N)C2NC(=O)c2ccc(Cl)cc2)cc1. The molecule has 5 N–H and O–H groups in total. The van der Waals surface area contributed by atoms with E-state index in [1.165, 1.54) is 5.56 Å². The van der Waals surface area contributed by atoms with Crippen molar-refractivity contribution in [2.75, 3.05) is 0 Å². The quantitative estimate of drug-likeness (QED) is 0.671. The van der Waals surface area contributed by atoms with Crippen LogP contribution in [0.4, 0.5) is 0 Å². The smallest absolute Gasteiger partial charge is 0.251 e. The zero-order valence-electron chi connectivity index (χ0n) is 13.1. The Balaban J connectivity index is 1.68. The molecule has 1 aliphatic heterocycles. The molecule has 1 heterocycles. The van der Waals surface area contributed by atoms with Crippen molar-refractivity contribution in [1.82, 2.24) is 16.2 Å². The highest BCUT2D eigenvalue weighted by Crippen LogP contribution is 2.26. The number of carbonyl (C=O) groups is 1. The van der Waals surface area contributed by atoms with E-state index in [1.807, 2.05) is 0 Å². The predicted molar refractivity (Wildman–Crippen MR) is 97.8 cm³/mol. The third-order valence-corrected chi connectivity index (χ3v) is 5.25. The lowest BCUT2D eigenvalue weighted by Gasteiger charge is -2.22. The van der Waals surface area contributed by atoms with Crippen LogP contribution in [-0.2, 0) is 0 Å². The number of halogens is 1. The highest BCUT2D eigenvalue weighted by atomic mass is 35.5.